The number of rotatable bonds is 11. The lowest BCUT2D eigenvalue weighted by molar-refractivity contribution is -0.174. The standard InChI is InChI=1S/C28H40Cl2NO7P/c1-18(23-12-13-24(29)25(30)16-23)31(26(32)14-11-20-7-6-8-21(15-20)17-39(35)36)28(34)38-19(2)37-27(33)22-9-4-3-5-10-22/h12-13,16,18-22,26,32H,3-11,14-15,17H2,1-2H3/p+1/t18-,19?,20?,21?,26?/m1/s1. The van der Waals surface area contributed by atoms with E-state index in [0.29, 0.717) is 40.5 Å². The second-order valence-electron chi connectivity index (χ2n) is 11.0. The van der Waals surface area contributed by atoms with Gasteiger partial charge in [0.15, 0.2) is 6.16 Å². The van der Waals surface area contributed by atoms with Gasteiger partial charge < -0.3 is 14.6 Å². The van der Waals surface area contributed by atoms with Crippen molar-refractivity contribution in [2.75, 3.05) is 6.16 Å². The van der Waals surface area contributed by atoms with Gasteiger partial charge in [0, 0.05) is 12.8 Å². The highest BCUT2D eigenvalue weighted by Crippen LogP contribution is 2.37. The molecule has 8 nitrogen and oxygen atoms in total. The summed E-state index contributed by atoms with van der Waals surface area (Å²) < 4.78 is 22.2. The van der Waals surface area contributed by atoms with E-state index in [9.17, 15) is 24.2 Å². The maximum absolute atomic E-state index is 13.4. The fourth-order valence-electron chi connectivity index (χ4n) is 5.87. The topological polar surface area (TPSA) is 113 Å². The lowest BCUT2D eigenvalue weighted by Gasteiger charge is -2.35. The zero-order chi connectivity index (χ0) is 28.5. The Morgan fingerprint density at radius 2 is 1.72 bits per heavy atom. The predicted molar refractivity (Wildman–Crippen MR) is 151 cm³/mol. The molecule has 39 heavy (non-hydrogen) atoms. The minimum absolute atomic E-state index is 0.181. The molecule has 2 aliphatic rings. The van der Waals surface area contributed by atoms with Crippen LogP contribution in [0.2, 0.25) is 10.0 Å². The zero-order valence-electron chi connectivity index (χ0n) is 22.8. The molecule has 6 atom stereocenters. The SMILES string of the molecule is CC(OC(=O)C1CCCCC1)OC(=O)N(C(O)CCC1CCCC(C[P+](=O)O)C1)[C@H](C)c1ccc(Cl)c(Cl)c1. The van der Waals surface area contributed by atoms with Crippen LogP contribution in [0.4, 0.5) is 4.79 Å². The number of benzene rings is 1. The molecule has 2 aliphatic carbocycles. The molecule has 0 heterocycles. The first-order valence-electron chi connectivity index (χ1n) is 14.0. The number of aliphatic hydroxyl groups is 1. The summed E-state index contributed by atoms with van der Waals surface area (Å²) in [5.74, 6) is -0.0524. The summed E-state index contributed by atoms with van der Waals surface area (Å²) in [5.41, 5.74) is 0.664. The number of nitrogens with zero attached hydrogens (tertiary/aromatic N) is 1. The largest absolute Gasteiger partial charge is 0.505 e. The summed E-state index contributed by atoms with van der Waals surface area (Å²) in [6, 6.07) is 4.41. The third-order valence-corrected chi connectivity index (χ3v) is 9.57. The third kappa shape index (κ3) is 9.86. The van der Waals surface area contributed by atoms with Gasteiger partial charge >= 0.3 is 20.1 Å². The van der Waals surface area contributed by atoms with Crippen LogP contribution in [-0.2, 0) is 18.8 Å². The maximum atomic E-state index is 13.4. The van der Waals surface area contributed by atoms with Gasteiger partial charge in [0.1, 0.15) is 6.23 Å². The molecule has 1 aromatic carbocycles. The van der Waals surface area contributed by atoms with Gasteiger partial charge in [-0.25, -0.2) is 4.79 Å². The normalized spacial score (nSPS) is 22.9. The summed E-state index contributed by atoms with van der Waals surface area (Å²) in [5, 5.41) is 12.0. The molecule has 5 unspecified atom stereocenters. The fraction of sp³-hybridized carbons (Fsp3) is 0.714. The van der Waals surface area contributed by atoms with Crippen LogP contribution in [0.1, 0.15) is 96.1 Å². The van der Waals surface area contributed by atoms with Gasteiger partial charge in [0.2, 0.25) is 6.29 Å². The third-order valence-electron chi connectivity index (χ3n) is 8.00. The molecule has 2 saturated carbocycles. The van der Waals surface area contributed by atoms with Crippen molar-refractivity contribution in [2.24, 2.45) is 17.8 Å². The molecule has 0 aromatic heterocycles. The Bertz CT molecular complexity index is 991. The van der Waals surface area contributed by atoms with Crippen LogP contribution in [0.15, 0.2) is 18.2 Å². The van der Waals surface area contributed by atoms with E-state index in [1.165, 1.54) is 11.8 Å². The first-order chi connectivity index (χ1) is 18.5. The Labute approximate surface area is 242 Å². The number of ether oxygens (including phenoxy) is 2. The second-order valence-corrected chi connectivity index (χ2v) is 12.9. The number of carbonyl (C=O) groups excluding carboxylic acids is 2. The molecule has 0 saturated heterocycles. The van der Waals surface area contributed by atoms with Crippen molar-refractivity contribution in [2.45, 2.75) is 103 Å². The monoisotopic (exact) mass is 604 g/mol. The number of hydrogen-bond acceptors (Lipinski definition) is 6. The van der Waals surface area contributed by atoms with Crippen molar-refractivity contribution in [3.63, 3.8) is 0 Å². The number of carbonyl (C=O) groups is 2. The van der Waals surface area contributed by atoms with E-state index in [1.54, 1.807) is 25.1 Å². The van der Waals surface area contributed by atoms with Crippen molar-refractivity contribution in [1.29, 1.82) is 0 Å². The van der Waals surface area contributed by atoms with Crippen molar-refractivity contribution >= 4 is 43.3 Å². The van der Waals surface area contributed by atoms with Gasteiger partial charge in [-0.15, -0.1) is 0 Å². The van der Waals surface area contributed by atoms with Crippen molar-refractivity contribution in [3.05, 3.63) is 33.8 Å². The van der Waals surface area contributed by atoms with Gasteiger partial charge in [-0.3, -0.25) is 9.69 Å². The smallest absolute Gasteiger partial charge is 0.425 e. The fourth-order valence-corrected chi connectivity index (χ4v) is 6.95. The summed E-state index contributed by atoms with van der Waals surface area (Å²) in [6.07, 6.45) is 6.52. The Morgan fingerprint density at radius 3 is 2.38 bits per heavy atom. The Kier molecular flexibility index (Phi) is 12.8. The van der Waals surface area contributed by atoms with Gasteiger partial charge in [-0.2, -0.15) is 4.89 Å². The van der Waals surface area contributed by atoms with Crippen molar-refractivity contribution in [3.8, 4) is 0 Å². The molecule has 0 radical (unpaired) electrons. The lowest BCUT2D eigenvalue weighted by atomic mass is 9.80. The highest BCUT2D eigenvalue weighted by Gasteiger charge is 2.34. The van der Waals surface area contributed by atoms with Crippen molar-refractivity contribution < 1.29 is 33.6 Å². The van der Waals surface area contributed by atoms with E-state index in [1.807, 2.05) is 0 Å². The molecule has 218 valence electrons. The summed E-state index contributed by atoms with van der Waals surface area (Å²) in [6.45, 7) is 3.26. The number of esters is 1. The first-order valence-corrected chi connectivity index (χ1v) is 16.2. The Balaban J connectivity index is 1.67. The van der Waals surface area contributed by atoms with Crippen LogP contribution >= 0.6 is 31.2 Å². The van der Waals surface area contributed by atoms with Gasteiger partial charge in [0.25, 0.3) is 0 Å². The molecule has 1 aromatic rings. The average molecular weight is 606 g/mol. The molecule has 1 amide bonds. The molecule has 11 heteroatoms. The molecule has 2 fully saturated rings. The minimum Gasteiger partial charge on any atom is -0.425 e. The molecule has 0 spiro atoms. The predicted octanol–water partition coefficient (Wildman–Crippen LogP) is 7.60. The van der Waals surface area contributed by atoms with Gasteiger partial charge in [0.05, 0.1) is 22.0 Å². The van der Waals surface area contributed by atoms with Gasteiger partial charge in [-0.05, 0) is 73.6 Å². The highest BCUT2D eigenvalue weighted by atomic mass is 35.5. The molecule has 0 bridgehead atoms. The van der Waals surface area contributed by atoms with Gasteiger partial charge in [-0.1, -0.05) is 61.4 Å². The van der Waals surface area contributed by atoms with E-state index in [2.05, 4.69) is 0 Å². The molecular weight excluding hydrogens is 564 g/mol. The number of aliphatic hydroxyl groups excluding tert-OH is 1. The molecule has 0 aliphatic heterocycles. The second kappa shape index (κ2) is 15.5. The van der Waals surface area contributed by atoms with Crippen LogP contribution < -0.4 is 0 Å². The highest BCUT2D eigenvalue weighted by molar-refractivity contribution is 7.38. The summed E-state index contributed by atoms with van der Waals surface area (Å²) in [4.78, 5) is 36.5. The molecular formula is C28H41Cl2NO7P+. The van der Waals surface area contributed by atoms with E-state index in [-0.39, 0.29) is 17.8 Å². The average Bonchev–Trinajstić information content (AvgIpc) is 2.89. The minimum atomic E-state index is -2.17. The van der Waals surface area contributed by atoms with Crippen LogP contribution in [0.25, 0.3) is 0 Å². The molecule has 3 rings (SSSR count). The van der Waals surface area contributed by atoms with E-state index >= 15 is 0 Å². The van der Waals surface area contributed by atoms with Crippen LogP contribution in [-0.4, -0.2) is 45.6 Å². The zero-order valence-corrected chi connectivity index (χ0v) is 25.2. The number of hydrogen-bond donors (Lipinski definition) is 2. The summed E-state index contributed by atoms with van der Waals surface area (Å²) >= 11 is 12.3. The Hall–Kier alpha value is -1.44. The lowest BCUT2D eigenvalue weighted by Crippen LogP contribution is -2.44. The van der Waals surface area contributed by atoms with Crippen LogP contribution in [0.3, 0.4) is 0 Å². The quantitative estimate of drug-likeness (QED) is 0.152. The first kappa shape index (κ1) is 32.1. The van der Waals surface area contributed by atoms with Crippen LogP contribution in [0.5, 0.6) is 0 Å². The van der Waals surface area contributed by atoms with Crippen LogP contribution in [0, 0.1) is 17.8 Å². The maximum Gasteiger partial charge on any atom is 0.505 e. The van der Waals surface area contributed by atoms with E-state index < -0.39 is 32.7 Å². The number of halogens is 2. The number of amides is 1. The van der Waals surface area contributed by atoms with E-state index in [0.717, 1.165) is 57.8 Å². The molecule has 2 N–H and O–H groups in total. The summed E-state index contributed by atoms with van der Waals surface area (Å²) in [7, 11) is -2.17. The van der Waals surface area contributed by atoms with Crippen molar-refractivity contribution in [1.82, 2.24) is 4.90 Å². The van der Waals surface area contributed by atoms with E-state index in [4.69, 9.17) is 32.7 Å². The Morgan fingerprint density at radius 1 is 1.03 bits per heavy atom.